The number of hydrogen-bond donors (Lipinski definition) is 0. The number of halogens is 2. The van der Waals surface area contributed by atoms with E-state index in [2.05, 4.69) is 0 Å². The van der Waals surface area contributed by atoms with Crippen molar-refractivity contribution < 1.29 is 8.78 Å². The van der Waals surface area contributed by atoms with Gasteiger partial charge in [-0.05, 0) is 11.8 Å². The topological polar surface area (TPSA) is 0 Å². The van der Waals surface area contributed by atoms with E-state index in [1.54, 1.807) is 6.08 Å². The largest absolute Gasteiger partial charge is 0.276 e. The third-order valence-corrected chi connectivity index (χ3v) is 2.82. The number of rotatable bonds is 0. The molecule has 0 N–H and O–H groups in total. The zero-order valence-electron chi connectivity index (χ0n) is 6.07. The lowest BCUT2D eigenvalue weighted by molar-refractivity contribution is 0.0850. The van der Waals surface area contributed by atoms with Gasteiger partial charge in [0, 0.05) is 5.57 Å². The first-order valence-corrected chi connectivity index (χ1v) is 3.65. The first kappa shape index (κ1) is 6.32. The molecule has 3 atom stereocenters. The summed E-state index contributed by atoms with van der Waals surface area (Å²) in [6, 6.07) is 0. The maximum absolute atomic E-state index is 12.6. The quantitative estimate of drug-likeness (QED) is 0.458. The molecule has 2 aliphatic carbocycles. The summed E-state index contributed by atoms with van der Waals surface area (Å²) in [6.07, 6.45) is 1.73. The summed E-state index contributed by atoms with van der Waals surface area (Å²) in [5, 5.41) is 0. The van der Waals surface area contributed by atoms with Crippen LogP contribution in [-0.4, -0.2) is 5.92 Å². The standard InChI is InChI=1S/C8H10F2/c1-4-3-6-7(5(4)2)8(6,9)10/h3-5,7H,1-2H3. The van der Waals surface area contributed by atoms with Gasteiger partial charge < -0.3 is 0 Å². The van der Waals surface area contributed by atoms with Gasteiger partial charge in [-0.1, -0.05) is 19.9 Å². The molecule has 3 unspecified atom stereocenters. The molecular weight excluding hydrogens is 134 g/mol. The van der Waals surface area contributed by atoms with Gasteiger partial charge >= 0.3 is 0 Å². The normalized spacial score (nSPS) is 48.4. The zero-order valence-corrected chi connectivity index (χ0v) is 6.07. The fourth-order valence-electron chi connectivity index (χ4n) is 1.89. The molecule has 0 spiro atoms. The van der Waals surface area contributed by atoms with Crippen LogP contribution in [0.1, 0.15) is 13.8 Å². The van der Waals surface area contributed by atoms with Crippen molar-refractivity contribution >= 4 is 0 Å². The molecule has 0 radical (unpaired) electrons. The van der Waals surface area contributed by atoms with Crippen LogP contribution in [0, 0.1) is 17.8 Å². The van der Waals surface area contributed by atoms with Crippen molar-refractivity contribution in [2.75, 3.05) is 0 Å². The Morgan fingerprint density at radius 3 is 2.30 bits per heavy atom. The molecule has 0 aliphatic heterocycles. The molecule has 0 saturated heterocycles. The number of fused-ring (bicyclic) bond motifs is 1. The number of hydrogen-bond acceptors (Lipinski definition) is 0. The average molecular weight is 144 g/mol. The van der Waals surface area contributed by atoms with Crippen LogP contribution >= 0.6 is 0 Å². The van der Waals surface area contributed by atoms with Gasteiger partial charge in [0.05, 0.1) is 5.92 Å². The lowest BCUT2D eigenvalue weighted by Crippen LogP contribution is -2.11. The van der Waals surface area contributed by atoms with Crippen molar-refractivity contribution in [2.24, 2.45) is 17.8 Å². The highest BCUT2D eigenvalue weighted by molar-refractivity contribution is 5.43. The van der Waals surface area contributed by atoms with Crippen LogP contribution in [0.5, 0.6) is 0 Å². The van der Waals surface area contributed by atoms with Gasteiger partial charge in [0.15, 0.2) is 0 Å². The first-order valence-electron chi connectivity index (χ1n) is 3.65. The Kier molecular flexibility index (Phi) is 0.907. The molecule has 0 aromatic heterocycles. The fraction of sp³-hybridized carbons (Fsp3) is 0.750. The minimum atomic E-state index is -2.42. The first-order chi connectivity index (χ1) is 4.55. The Labute approximate surface area is 58.9 Å². The summed E-state index contributed by atoms with van der Waals surface area (Å²) in [5.41, 5.74) is 0.396. The molecule has 56 valence electrons. The monoisotopic (exact) mass is 144 g/mol. The minimum absolute atomic E-state index is 0.157. The van der Waals surface area contributed by atoms with E-state index in [1.165, 1.54) is 0 Å². The molecule has 0 amide bonds. The van der Waals surface area contributed by atoms with E-state index in [0.717, 1.165) is 0 Å². The van der Waals surface area contributed by atoms with E-state index < -0.39 is 11.8 Å². The Balaban J connectivity index is 2.28. The van der Waals surface area contributed by atoms with Crippen LogP contribution in [0.3, 0.4) is 0 Å². The summed E-state index contributed by atoms with van der Waals surface area (Å²) >= 11 is 0. The van der Waals surface area contributed by atoms with E-state index in [9.17, 15) is 8.78 Å². The highest BCUT2D eigenvalue weighted by Gasteiger charge is 2.68. The molecule has 1 fully saturated rings. The highest BCUT2D eigenvalue weighted by atomic mass is 19.3. The van der Waals surface area contributed by atoms with Crippen LogP contribution in [0.15, 0.2) is 11.6 Å². The molecular formula is C8H10F2. The maximum atomic E-state index is 12.6. The summed E-state index contributed by atoms with van der Waals surface area (Å²) < 4.78 is 25.2. The predicted molar refractivity (Wildman–Crippen MR) is 34.8 cm³/mol. The van der Waals surface area contributed by atoms with Gasteiger partial charge in [0.25, 0.3) is 5.92 Å². The summed E-state index contributed by atoms with van der Waals surface area (Å²) in [5.74, 6) is -2.31. The Morgan fingerprint density at radius 1 is 1.40 bits per heavy atom. The van der Waals surface area contributed by atoms with Crippen LogP contribution < -0.4 is 0 Å². The minimum Gasteiger partial charge on any atom is -0.201 e. The zero-order chi connectivity index (χ0) is 7.52. The molecule has 10 heavy (non-hydrogen) atoms. The van der Waals surface area contributed by atoms with E-state index in [1.807, 2.05) is 13.8 Å². The lowest BCUT2D eigenvalue weighted by Gasteiger charge is -2.12. The van der Waals surface area contributed by atoms with Gasteiger partial charge in [-0.25, -0.2) is 8.78 Å². The SMILES string of the molecule is CC1C=C2C(C1C)C2(F)F. The third kappa shape index (κ3) is 0.505. The summed E-state index contributed by atoms with van der Waals surface area (Å²) in [7, 11) is 0. The van der Waals surface area contributed by atoms with Gasteiger partial charge in [0.2, 0.25) is 0 Å². The lowest BCUT2D eigenvalue weighted by atomic mass is 9.95. The molecule has 2 heteroatoms. The summed E-state index contributed by atoms with van der Waals surface area (Å²) in [4.78, 5) is 0. The third-order valence-electron chi connectivity index (χ3n) is 2.82. The van der Waals surface area contributed by atoms with Crippen LogP contribution in [0.25, 0.3) is 0 Å². The van der Waals surface area contributed by atoms with E-state index in [-0.39, 0.29) is 5.92 Å². The summed E-state index contributed by atoms with van der Waals surface area (Å²) in [6.45, 7) is 3.90. The maximum Gasteiger partial charge on any atom is 0.276 e. The van der Waals surface area contributed by atoms with Gasteiger partial charge in [-0.2, -0.15) is 0 Å². The smallest absolute Gasteiger partial charge is 0.201 e. The molecule has 0 bridgehead atoms. The Hall–Kier alpha value is -0.400. The molecule has 0 nitrogen and oxygen atoms in total. The second kappa shape index (κ2) is 1.44. The van der Waals surface area contributed by atoms with E-state index in [4.69, 9.17) is 0 Å². The average Bonchev–Trinajstić information content (AvgIpc) is 2.12. The highest BCUT2D eigenvalue weighted by Crippen LogP contribution is 2.64. The van der Waals surface area contributed by atoms with Gasteiger partial charge in [-0.3, -0.25) is 0 Å². The molecule has 0 aromatic carbocycles. The van der Waals surface area contributed by atoms with Gasteiger partial charge in [0.1, 0.15) is 0 Å². The van der Waals surface area contributed by atoms with Crippen molar-refractivity contribution in [3.05, 3.63) is 11.6 Å². The predicted octanol–water partition coefficient (Wildman–Crippen LogP) is 2.46. The van der Waals surface area contributed by atoms with E-state index in [0.29, 0.717) is 11.5 Å². The van der Waals surface area contributed by atoms with Crippen LogP contribution in [0.4, 0.5) is 8.78 Å². The van der Waals surface area contributed by atoms with Crippen LogP contribution in [0.2, 0.25) is 0 Å². The van der Waals surface area contributed by atoms with Crippen molar-refractivity contribution in [3.8, 4) is 0 Å². The van der Waals surface area contributed by atoms with Crippen molar-refractivity contribution in [1.29, 1.82) is 0 Å². The van der Waals surface area contributed by atoms with Crippen LogP contribution in [-0.2, 0) is 0 Å². The second-order valence-electron chi connectivity index (χ2n) is 3.44. The molecule has 0 aromatic rings. The van der Waals surface area contributed by atoms with Crippen molar-refractivity contribution in [3.63, 3.8) is 0 Å². The molecule has 0 heterocycles. The Bertz CT molecular complexity index is 205. The second-order valence-corrected chi connectivity index (χ2v) is 3.44. The van der Waals surface area contributed by atoms with Crippen molar-refractivity contribution in [1.82, 2.24) is 0 Å². The van der Waals surface area contributed by atoms with Gasteiger partial charge in [-0.15, -0.1) is 0 Å². The molecule has 2 aliphatic rings. The number of alkyl halides is 2. The molecule has 1 saturated carbocycles. The number of allylic oxidation sites excluding steroid dienone is 2. The van der Waals surface area contributed by atoms with E-state index >= 15 is 0 Å². The van der Waals surface area contributed by atoms with Crippen molar-refractivity contribution in [2.45, 2.75) is 19.8 Å². The Morgan fingerprint density at radius 2 is 2.00 bits per heavy atom. The molecule has 2 rings (SSSR count). The fourth-order valence-corrected chi connectivity index (χ4v) is 1.89.